The molecule has 1 heterocycles. The zero-order valence-corrected chi connectivity index (χ0v) is 9.85. The number of ether oxygens (including phenoxy) is 1. The van der Waals surface area contributed by atoms with Crippen LogP contribution in [0.15, 0.2) is 18.2 Å². The Kier molecular flexibility index (Phi) is 2.87. The van der Waals surface area contributed by atoms with Gasteiger partial charge in [0.05, 0.1) is 10.7 Å². The first kappa shape index (κ1) is 11.0. The van der Waals surface area contributed by atoms with E-state index in [4.69, 9.17) is 10.1 Å². The molecule has 84 valence electrons. The van der Waals surface area contributed by atoms with Crippen LogP contribution in [0.5, 0.6) is 5.75 Å². The van der Waals surface area contributed by atoms with Crippen LogP contribution in [0, 0.1) is 5.41 Å². The average molecular weight is 236 g/mol. The lowest BCUT2D eigenvalue weighted by Crippen LogP contribution is -2.34. The minimum absolute atomic E-state index is 0.152. The van der Waals surface area contributed by atoms with Crippen molar-refractivity contribution in [1.82, 2.24) is 0 Å². The highest BCUT2D eigenvalue weighted by Gasteiger charge is 2.23. The van der Waals surface area contributed by atoms with Crippen molar-refractivity contribution in [3.63, 3.8) is 0 Å². The second-order valence-electron chi connectivity index (χ2n) is 3.49. The third-order valence-corrected chi connectivity index (χ3v) is 3.02. The Labute approximate surface area is 97.9 Å². The van der Waals surface area contributed by atoms with Gasteiger partial charge in [-0.1, -0.05) is 0 Å². The van der Waals surface area contributed by atoms with Crippen LogP contribution >= 0.6 is 11.8 Å². The molecule has 4 nitrogen and oxygen atoms in total. The molecule has 1 amide bonds. The fourth-order valence-corrected chi connectivity index (χ4v) is 1.83. The van der Waals surface area contributed by atoms with Crippen LogP contribution in [-0.4, -0.2) is 23.3 Å². The highest BCUT2D eigenvalue weighted by atomic mass is 32.2. The average Bonchev–Trinajstić information content (AvgIpc) is 2.29. The van der Waals surface area contributed by atoms with Crippen molar-refractivity contribution in [2.24, 2.45) is 0 Å². The number of fused-ring (bicyclic) bond motifs is 1. The second kappa shape index (κ2) is 4.17. The number of benzene rings is 1. The van der Waals surface area contributed by atoms with E-state index in [2.05, 4.69) is 5.32 Å². The van der Waals surface area contributed by atoms with Gasteiger partial charge in [0.15, 0.2) is 6.10 Å². The van der Waals surface area contributed by atoms with Crippen LogP contribution in [0.2, 0.25) is 0 Å². The number of nitrogens with one attached hydrogen (secondary N) is 2. The summed E-state index contributed by atoms with van der Waals surface area (Å²) in [6.07, 6.45) is 1.39. The lowest BCUT2D eigenvalue weighted by molar-refractivity contribution is -0.122. The van der Waals surface area contributed by atoms with Crippen LogP contribution in [0.25, 0.3) is 0 Å². The van der Waals surface area contributed by atoms with Gasteiger partial charge >= 0.3 is 0 Å². The molecule has 0 aromatic heterocycles. The number of carbonyl (C=O) groups excluding carboxylic acids is 1. The SMILES string of the molecule is CSC(=N)c1ccc2c(c1)NC(=O)C(C)O2. The molecule has 2 rings (SSSR count). The number of anilines is 1. The molecule has 1 aliphatic heterocycles. The number of hydrogen-bond donors (Lipinski definition) is 2. The third kappa shape index (κ3) is 1.90. The Morgan fingerprint density at radius 1 is 1.56 bits per heavy atom. The Hall–Kier alpha value is -1.49. The van der Waals surface area contributed by atoms with E-state index in [1.807, 2.05) is 12.3 Å². The molecule has 2 N–H and O–H groups in total. The molecule has 1 unspecified atom stereocenters. The molecule has 0 spiro atoms. The van der Waals surface area contributed by atoms with E-state index in [0.717, 1.165) is 5.56 Å². The van der Waals surface area contributed by atoms with E-state index >= 15 is 0 Å². The van der Waals surface area contributed by atoms with Crippen molar-refractivity contribution in [3.8, 4) is 5.75 Å². The van der Waals surface area contributed by atoms with Gasteiger partial charge in [-0.2, -0.15) is 0 Å². The standard InChI is InChI=1S/C11H12N2O2S/c1-6-11(14)13-8-5-7(10(12)16-2)3-4-9(8)15-6/h3-6,12H,1-2H3,(H,13,14). The number of thioether (sulfide) groups is 1. The van der Waals surface area contributed by atoms with Crippen LogP contribution in [0.1, 0.15) is 12.5 Å². The second-order valence-corrected chi connectivity index (χ2v) is 4.31. The Bertz CT molecular complexity index is 459. The zero-order chi connectivity index (χ0) is 11.7. The molecule has 1 aromatic rings. The summed E-state index contributed by atoms with van der Waals surface area (Å²) in [6.45, 7) is 1.70. The number of carbonyl (C=O) groups is 1. The molecule has 0 bridgehead atoms. The zero-order valence-electron chi connectivity index (χ0n) is 9.03. The fraction of sp³-hybridized carbons (Fsp3) is 0.273. The molecule has 0 radical (unpaired) electrons. The van der Waals surface area contributed by atoms with Gasteiger partial charge in [-0.3, -0.25) is 10.2 Å². The Morgan fingerprint density at radius 2 is 2.31 bits per heavy atom. The van der Waals surface area contributed by atoms with Crippen molar-refractivity contribution in [2.75, 3.05) is 11.6 Å². The van der Waals surface area contributed by atoms with Gasteiger partial charge in [0, 0.05) is 5.56 Å². The predicted octanol–water partition coefficient (Wildman–Crippen LogP) is 2.09. The summed E-state index contributed by atoms with van der Waals surface area (Å²) in [5.41, 5.74) is 1.42. The minimum atomic E-state index is -0.460. The van der Waals surface area contributed by atoms with Crippen molar-refractivity contribution < 1.29 is 9.53 Å². The first-order valence-electron chi connectivity index (χ1n) is 4.86. The predicted molar refractivity (Wildman–Crippen MR) is 65.5 cm³/mol. The molecule has 1 aliphatic rings. The Balaban J connectivity index is 2.36. The lowest BCUT2D eigenvalue weighted by atomic mass is 10.1. The monoisotopic (exact) mass is 236 g/mol. The summed E-state index contributed by atoms with van der Waals surface area (Å²) in [7, 11) is 0. The molecule has 1 aromatic carbocycles. The van der Waals surface area contributed by atoms with Crippen molar-refractivity contribution >= 4 is 28.4 Å². The molecule has 16 heavy (non-hydrogen) atoms. The maximum Gasteiger partial charge on any atom is 0.265 e. The van der Waals surface area contributed by atoms with E-state index in [9.17, 15) is 4.79 Å². The number of rotatable bonds is 1. The van der Waals surface area contributed by atoms with Crippen molar-refractivity contribution in [3.05, 3.63) is 23.8 Å². The maximum absolute atomic E-state index is 11.4. The van der Waals surface area contributed by atoms with Gasteiger partial charge in [0.2, 0.25) is 0 Å². The first-order valence-corrected chi connectivity index (χ1v) is 6.09. The van der Waals surface area contributed by atoms with Crippen LogP contribution in [0.3, 0.4) is 0 Å². The van der Waals surface area contributed by atoms with Gasteiger partial charge in [-0.25, -0.2) is 0 Å². The largest absolute Gasteiger partial charge is 0.479 e. The molecule has 1 atom stereocenters. The maximum atomic E-state index is 11.4. The highest BCUT2D eigenvalue weighted by molar-refractivity contribution is 8.13. The van der Waals surface area contributed by atoms with E-state index in [-0.39, 0.29) is 5.91 Å². The molecule has 0 saturated heterocycles. The topological polar surface area (TPSA) is 62.2 Å². The summed E-state index contributed by atoms with van der Waals surface area (Å²) >= 11 is 1.36. The summed E-state index contributed by atoms with van der Waals surface area (Å²) in [5, 5.41) is 10.9. The fourth-order valence-electron chi connectivity index (χ4n) is 1.47. The molecule has 0 saturated carbocycles. The van der Waals surface area contributed by atoms with Crippen LogP contribution in [0.4, 0.5) is 5.69 Å². The normalized spacial score (nSPS) is 18.4. The van der Waals surface area contributed by atoms with Gasteiger partial charge < -0.3 is 10.1 Å². The molecule has 5 heteroatoms. The summed E-state index contributed by atoms with van der Waals surface area (Å²) < 4.78 is 5.42. The third-order valence-electron chi connectivity index (χ3n) is 2.38. The van der Waals surface area contributed by atoms with Crippen molar-refractivity contribution in [2.45, 2.75) is 13.0 Å². The van der Waals surface area contributed by atoms with Gasteiger partial charge in [-0.15, -0.1) is 11.8 Å². The van der Waals surface area contributed by atoms with Gasteiger partial charge in [-0.05, 0) is 31.4 Å². The van der Waals surface area contributed by atoms with E-state index in [0.29, 0.717) is 16.5 Å². The highest BCUT2D eigenvalue weighted by Crippen LogP contribution is 2.31. The molecular weight excluding hydrogens is 224 g/mol. The van der Waals surface area contributed by atoms with E-state index in [1.54, 1.807) is 19.1 Å². The van der Waals surface area contributed by atoms with Gasteiger partial charge in [0.1, 0.15) is 5.75 Å². The number of amides is 1. The van der Waals surface area contributed by atoms with Crippen molar-refractivity contribution in [1.29, 1.82) is 5.41 Å². The van der Waals surface area contributed by atoms with Crippen LogP contribution < -0.4 is 10.1 Å². The molecule has 0 fully saturated rings. The summed E-state index contributed by atoms with van der Waals surface area (Å²) in [5.74, 6) is 0.505. The smallest absolute Gasteiger partial charge is 0.265 e. The lowest BCUT2D eigenvalue weighted by Gasteiger charge is -2.23. The summed E-state index contributed by atoms with van der Waals surface area (Å²) in [6, 6.07) is 5.37. The first-order chi connectivity index (χ1) is 7.61. The van der Waals surface area contributed by atoms with Crippen LogP contribution in [-0.2, 0) is 4.79 Å². The number of hydrogen-bond acceptors (Lipinski definition) is 4. The van der Waals surface area contributed by atoms with Gasteiger partial charge in [0.25, 0.3) is 5.91 Å². The molecule has 0 aliphatic carbocycles. The summed E-state index contributed by atoms with van der Waals surface area (Å²) in [4.78, 5) is 11.4. The quantitative estimate of drug-likeness (QED) is 0.579. The van der Waals surface area contributed by atoms with E-state index in [1.165, 1.54) is 11.8 Å². The van der Waals surface area contributed by atoms with E-state index < -0.39 is 6.10 Å². The minimum Gasteiger partial charge on any atom is -0.479 e. The Morgan fingerprint density at radius 3 is 3.00 bits per heavy atom. The molecular formula is C11H12N2O2S.